The zero-order valence-corrected chi connectivity index (χ0v) is 7.95. The van der Waals surface area contributed by atoms with Gasteiger partial charge in [0.05, 0.1) is 6.61 Å². The fraction of sp³-hybridized carbons (Fsp3) is 0.571. The van der Waals surface area contributed by atoms with Crippen molar-refractivity contribution in [3.63, 3.8) is 0 Å². The summed E-state index contributed by atoms with van der Waals surface area (Å²) in [4.78, 5) is 3.76. The average molecular weight is 226 g/mol. The highest BCUT2D eigenvalue weighted by Gasteiger charge is 2.34. The minimum absolute atomic E-state index is 0.0368. The fourth-order valence-corrected chi connectivity index (χ4v) is 1.56. The first kappa shape index (κ1) is 11.4. The summed E-state index contributed by atoms with van der Waals surface area (Å²) < 4.78 is 36.2. The van der Waals surface area contributed by atoms with Crippen molar-refractivity contribution in [2.75, 3.05) is 13.2 Å². The van der Waals surface area contributed by atoms with Crippen molar-refractivity contribution in [3.05, 3.63) is 16.1 Å². The van der Waals surface area contributed by atoms with E-state index in [4.69, 9.17) is 5.11 Å². The maximum absolute atomic E-state index is 12.1. The standard InChI is InChI=1S/C7H9F3N2OS/c8-7(9,10)6-12-4-5(14-6)3-11-1-2-13/h4,11,13H,1-3H2. The molecule has 0 aliphatic carbocycles. The molecule has 0 unspecified atom stereocenters. The van der Waals surface area contributed by atoms with Crippen molar-refractivity contribution in [2.24, 2.45) is 0 Å². The number of hydrogen-bond acceptors (Lipinski definition) is 4. The smallest absolute Gasteiger partial charge is 0.395 e. The van der Waals surface area contributed by atoms with E-state index >= 15 is 0 Å². The van der Waals surface area contributed by atoms with Crippen LogP contribution in [0.15, 0.2) is 6.20 Å². The van der Waals surface area contributed by atoms with Gasteiger partial charge in [-0.1, -0.05) is 0 Å². The number of aromatic nitrogens is 1. The molecule has 0 spiro atoms. The van der Waals surface area contributed by atoms with Crippen LogP contribution in [-0.2, 0) is 12.7 Å². The van der Waals surface area contributed by atoms with Gasteiger partial charge in [-0.15, -0.1) is 11.3 Å². The Morgan fingerprint density at radius 3 is 2.71 bits per heavy atom. The van der Waals surface area contributed by atoms with Gasteiger partial charge >= 0.3 is 6.18 Å². The van der Waals surface area contributed by atoms with E-state index in [1.807, 2.05) is 0 Å². The summed E-state index contributed by atoms with van der Waals surface area (Å²) in [7, 11) is 0. The SMILES string of the molecule is OCCNCc1cnc(C(F)(F)F)s1. The largest absolute Gasteiger partial charge is 0.443 e. The van der Waals surface area contributed by atoms with Crippen LogP contribution in [0.5, 0.6) is 0 Å². The van der Waals surface area contributed by atoms with Crippen molar-refractivity contribution < 1.29 is 18.3 Å². The highest BCUT2D eigenvalue weighted by molar-refractivity contribution is 7.11. The molecule has 80 valence electrons. The Hall–Kier alpha value is -0.660. The van der Waals surface area contributed by atoms with Crippen molar-refractivity contribution in [1.29, 1.82) is 0 Å². The maximum atomic E-state index is 12.1. The second-order valence-corrected chi connectivity index (χ2v) is 3.65. The monoisotopic (exact) mass is 226 g/mol. The molecule has 0 saturated heterocycles. The van der Waals surface area contributed by atoms with Crippen LogP contribution < -0.4 is 5.32 Å². The molecule has 0 amide bonds. The third-order valence-electron chi connectivity index (χ3n) is 1.38. The zero-order chi connectivity index (χ0) is 10.6. The predicted molar refractivity (Wildman–Crippen MR) is 45.9 cm³/mol. The van der Waals surface area contributed by atoms with Crippen molar-refractivity contribution >= 4 is 11.3 Å². The van der Waals surface area contributed by atoms with Gasteiger partial charge in [-0.3, -0.25) is 0 Å². The lowest BCUT2D eigenvalue weighted by atomic mass is 10.5. The van der Waals surface area contributed by atoms with Crippen LogP contribution in [0.1, 0.15) is 9.88 Å². The minimum Gasteiger partial charge on any atom is -0.395 e. The number of nitrogens with one attached hydrogen (secondary N) is 1. The molecular formula is C7H9F3N2OS. The molecule has 0 fully saturated rings. The number of rotatable bonds is 4. The molecule has 0 aromatic carbocycles. The highest BCUT2D eigenvalue weighted by atomic mass is 32.1. The van der Waals surface area contributed by atoms with Gasteiger partial charge in [0.15, 0.2) is 5.01 Å². The quantitative estimate of drug-likeness (QED) is 0.759. The summed E-state index contributed by atoms with van der Waals surface area (Å²) in [5.41, 5.74) is 0. The number of aliphatic hydroxyl groups excluding tert-OH is 1. The van der Waals surface area contributed by atoms with E-state index in [-0.39, 0.29) is 6.61 Å². The first-order valence-corrected chi connectivity index (χ1v) is 4.69. The van der Waals surface area contributed by atoms with Gasteiger partial charge in [0, 0.05) is 24.2 Å². The Labute approximate surface area is 82.6 Å². The van der Waals surface area contributed by atoms with Crippen LogP contribution >= 0.6 is 11.3 Å². The second kappa shape index (κ2) is 4.72. The maximum Gasteiger partial charge on any atom is 0.443 e. The lowest BCUT2D eigenvalue weighted by Crippen LogP contribution is -2.16. The van der Waals surface area contributed by atoms with Crippen molar-refractivity contribution in [3.8, 4) is 0 Å². The number of nitrogens with zero attached hydrogens (tertiary/aromatic N) is 1. The van der Waals surface area contributed by atoms with Gasteiger partial charge in [0.1, 0.15) is 0 Å². The Bertz CT molecular complexity index is 287. The normalized spacial score (nSPS) is 12.0. The molecule has 0 aliphatic heterocycles. The van der Waals surface area contributed by atoms with Crippen LogP contribution in [-0.4, -0.2) is 23.2 Å². The van der Waals surface area contributed by atoms with Crippen molar-refractivity contribution in [2.45, 2.75) is 12.7 Å². The third-order valence-corrected chi connectivity index (χ3v) is 2.43. The molecule has 1 aromatic rings. The van der Waals surface area contributed by atoms with E-state index in [9.17, 15) is 13.2 Å². The first-order chi connectivity index (χ1) is 6.54. The van der Waals surface area contributed by atoms with Crippen LogP contribution in [0.2, 0.25) is 0 Å². The van der Waals surface area contributed by atoms with Crippen LogP contribution in [0.25, 0.3) is 0 Å². The zero-order valence-electron chi connectivity index (χ0n) is 7.14. The van der Waals surface area contributed by atoms with E-state index in [0.717, 1.165) is 0 Å². The predicted octanol–water partition coefficient (Wildman–Crippen LogP) is 1.24. The highest BCUT2D eigenvalue weighted by Crippen LogP contribution is 2.32. The Morgan fingerprint density at radius 1 is 1.50 bits per heavy atom. The summed E-state index contributed by atoms with van der Waals surface area (Å²) in [6, 6.07) is 0. The van der Waals surface area contributed by atoms with Gasteiger partial charge in [-0.05, 0) is 0 Å². The lowest BCUT2D eigenvalue weighted by molar-refractivity contribution is -0.137. The molecule has 0 bridgehead atoms. The molecule has 3 nitrogen and oxygen atoms in total. The number of aliphatic hydroxyl groups is 1. The summed E-state index contributed by atoms with van der Waals surface area (Å²) in [5.74, 6) is 0. The second-order valence-electron chi connectivity index (χ2n) is 2.53. The summed E-state index contributed by atoms with van der Waals surface area (Å²) in [5, 5.41) is 10.4. The van der Waals surface area contributed by atoms with E-state index in [0.29, 0.717) is 29.3 Å². The van der Waals surface area contributed by atoms with E-state index in [2.05, 4.69) is 10.3 Å². The number of thiazole rings is 1. The fourth-order valence-electron chi connectivity index (χ4n) is 0.811. The van der Waals surface area contributed by atoms with Crippen molar-refractivity contribution in [1.82, 2.24) is 10.3 Å². The molecule has 0 aliphatic rings. The minimum atomic E-state index is -4.36. The first-order valence-electron chi connectivity index (χ1n) is 3.87. The van der Waals surface area contributed by atoms with Gasteiger partial charge in [-0.25, -0.2) is 4.98 Å². The van der Waals surface area contributed by atoms with Gasteiger partial charge in [-0.2, -0.15) is 13.2 Å². The molecule has 1 rings (SSSR count). The Kier molecular flexibility index (Phi) is 3.85. The van der Waals surface area contributed by atoms with Gasteiger partial charge < -0.3 is 10.4 Å². The van der Waals surface area contributed by atoms with E-state index in [1.165, 1.54) is 6.20 Å². The topological polar surface area (TPSA) is 45.1 Å². The van der Waals surface area contributed by atoms with Gasteiger partial charge in [0.2, 0.25) is 0 Å². The summed E-state index contributed by atoms with van der Waals surface area (Å²) in [6.45, 7) is 0.624. The lowest BCUT2D eigenvalue weighted by Gasteiger charge is -1.99. The third kappa shape index (κ3) is 3.24. The molecular weight excluding hydrogens is 217 g/mol. The summed E-state index contributed by atoms with van der Waals surface area (Å²) in [6.07, 6.45) is -3.17. The molecule has 0 saturated carbocycles. The molecule has 0 radical (unpaired) electrons. The molecule has 7 heteroatoms. The summed E-state index contributed by atoms with van der Waals surface area (Å²) >= 11 is 0.610. The molecule has 2 N–H and O–H groups in total. The molecule has 1 aromatic heterocycles. The number of alkyl halides is 3. The molecule has 1 heterocycles. The van der Waals surface area contributed by atoms with Crippen LogP contribution in [0, 0.1) is 0 Å². The number of hydrogen-bond donors (Lipinski definition) is 2. The molecule has 14 heavy (non-hydrogen) atoms. The van der Waals surface area contributed by atoms with Gasteiger partial charge in [0.25, 0.3) is 0 Å². The number of halogens is 3. The van der Waals surface area contributed by atoms with E-state index < -0.39 is 11.2 Å². The Balaban J connectivity index is 2.51. The average Bonchev–Trinajstić information content (AvgIpc) is 2.52. The Morgan fingerprint density at radius 2 is 2.21 bits per heavy atom. The van der Waals surface area contributed by atoms with Crippen LogP contribution in [0.4, 0.5) is 13.2 Å². The van der Waals surface area contributed by atoms with Crippen LogP contribution in [0.3, 0.4) is 0 Å². The van der Waals surface area contributed by atoms with E-state index in [1.54, 1.807) is 0 Å². The molecule has 0 atom stereocenters.